The molecule has 2 aromatic carbocycles. The molecule has 0 saturated carbocycles. The van der Waals surface area contributed by atoms with Gasteiger partial charge in [0, 0.05) is 0 Å². The summed E-state index contributed by atoms with van der Waals surface area (Å²) in [6.45, 7) is 7.43. The van der Waals surface area contributed by atoms with Crippen molar-refractivity contribution in [3.05, 3.63) is 60.7 Å². The van der Waals surface area contributed by atoms with Crippen LogP contribution in [-0.2, 0) is 23.5 Å². The maximum Gasteiger partial charge on any atom is 0.344 e. The molecule has 0 unspecified atom stereocenters. The molecule has 2 rings (SSSR count). The van der Waals surface area contributed by atoms with Gasteiger partial charge in [0.05, 0.1) is 13.7 Å². The lowest BCUT2D eigenvalue weighted by Gasteiger charge is -2.44. The Morgan fingerprint density at radius 1 is 0.900 bits per heavy atom. The Labute approximate surface area is 179 Å². The number of hydrogen-bond acceptors (Lipinski definition) is 6. The fourth-order valence-electron chi connectivity index (χ4n) is 3.43. The van der Waals surface area contributed by atoms with Gasteiger partial charge in [-0.3, -0.25) is 0 Å². The molecule has 7 heteroatoms. The summed E-state index contributed by atoms with van der Waals surface area (Å²) in [5.41, 5.74) is 4.84. The van der Waals surface area contributed by atoms with Gasteiger partial charge < -0.3 is 19.6 Å². The van der Waals surface area contributed by atoms with Crippen LogP contribution in [0, 0.1) is 0 Å². The Kier molecular flexibility index (Phi) is 7.57. The summed E-state index contributed by atoms with van der Waals surface area (Å²) < 4.78 is 16.2. The second-order valence-electron chi connectivity index (χ2n) is 8.52. The van der Waals surface area contributed by atoms with E-state index in [9.17, 15) is 9.59 Å². The van der Waals surface area contributed by atoms with E-state index in [1.165, 1.54) is 7.11 Å². The lowest BCUT2D eigenvalue weighted by molar-refractivity contribution is -0.161. The molecule has 0 spiro atoms. The van der Waals surface area contributed by atoms with Gasteiger partial charge in [0.1, 0.15) is 5.54 Å². The topological polar surface area (TPSA) is 87.9 Å². The lowest BCUT2D eigenvalue weighted by Crippen LogP contribution is -2.68. The smallest absolute Gasteiger partial charge is 0.344 e. The maximum atomic E-state index is 12.5. The molecule has 0 aliphatic carbocycles. The van der Waals surface area contributed by atoms with Gasteiger partial charge in [0.25, 0.3) is 8.32 Å². The predicted octanol–water partition coefficient (Wildman–Crippen LogP) is 2.00. The minimum Gasteiger partial charge on any atom is -0.466 e. The van der Waals surface area contributed by atoms with Crippen molar-refractivity contribution in [2.45, 2.75) is 38.3 Å². The maximum absolute atomic E-state index is 12.5. The van der Waals surface area contributed by atoms with Crippen LogP contribution in [0.4, 0.5) is 0 Å². The van der Waals surface area contributed by atoms with Gasteiger partial charge in [0.15, 0.2) is 6.61 Å². The van der Waals surface area contributed by atoms with Crippen molar-refractivity contribution < 1.29 is 23.5 Å². The number of nitrogens with two attached hydrogens (primary N) is 1. The summed E-state index contributed by atoms with van der Waals surface area (Å²) in [5, 5.41) is 1.92. The van der Waals surface area contributed by atoms with E-state index in [0.717, 1.165) is 10.4 Å². The summed E-state index contributed by atoms with van der Waals surface area (Å²) in [5.74, 6) is -1.36. The first-order valence-corrected chi connectivity index (χ1v) is 11.7. The van der Waals surface area contributed by atoms with Gasteiger partial charge in [-0.1, -0.05) is 81.4 Å². The molecule has 2 aromatic rings. The van der Waals surface area contributed by atoms with Crippen molar-refractivity contribution in [3.8, 4) is 0 Å². The summed E-state index contributed by atoms with van der Waals surface area (Å²) in [6.07, 6.45) is 0. The molecule has 30 heavy (non-hydrogen) atoms. The third-order valence-electron chi connectivity index (χ3n) is 5.02. The first kappa shape index (κ1) is 23.8. The predicted molar refractivity (Wildman–Crippen MR) is 119 cm³/mol. The number of methoxy groups -OCH3 is 1. The molecule has 1 atom stereocenters. The normalized spacial score (nSPS) is 13.9. The average molecular weight is 430 g/mol. The van der Waals surface area contributed by atoms with E-state index in [-0.39, 0.29) is 11.6 Å². The fraction of sp³-hybridized carbons (Fsp3) is 0.391. The van der Waals surface area contributed by atoms with Crippen LogP contribution in [0.3, 0.4) is 0 Å². The molecular formula is C23H31NO5Si. The first-order valence-electron chi connectivity index (χ1n) is 9.82. The van der Waals surface area contributed by atoms with Crippen LogP contribution in [-0.4, -0.2) is 46.1 Å². The van der Waals surface area contributed by atoms with Crippen molar-refractivity contribution in [1.82, 2.24) is 0 Å². The van der Waals surface area contributed by atoms with Gasteiger partial charge in [-0.2, -0.15) is 0 Å². The van der Waals surface area contributed by atoms with Crippen LogP contribution in [0.5, 0.6) is 0 Å². The molecule has 0 aromatic heterocycles. The number of benzene rings is 2. The highest BCUT2D eigenvalue weighted by Gasteiger charge is 2.51. The summed E-state index contributed by atoms with van der Waals surface area (Å²) in [7, 11) is -1.61. The van der Waals surface area contributed by atoms with Gasteiger partial charge in [-0.05, 0) is 22.3 Å². The highest BCUT2D eigenvalue weighted by atomic mass is 28.4. The van der Waals surface area contributed by atoms with Crippen LogP contribution < -0.4 is 16.1 Å². The van der Waals surface area contributed by atoms with Crippen molar-refractivity contribution in [3.63, 3.8) is 0 Å². The Morgan fingerprint density at radius 3 is 1.77 bits per heavy atom. The highest BCUT2D eigenvalue weighted by Crippen LogP contribution is 2.37. The molecule has 0 heterocycles. The van der Waals surface area contributed by atoms with E-state index in [0.29, 0.717) is 0 Å². The summed E-state index contributed by atoms with van der Waals surface area (Å²) in [4.78, 5) is 23.8. The molecule has 0 bridgehead atoms. The zero-order valence-corrected chi connectivity index (χ0v) is 19.3. The van der Waals surface area contributed by atoms with Crippen molar-refractivity contribution in [2.24, 2.45) is 5.73 Å². The molecule has 0 amide bonds. The number of rotatable bonds is 8. The van der Waals surface area contributed by atoms with Gasteiger partial charge in [-0.15, -0.1) is 0 Å². The molecule has 0 saturated heterocycles. The largest absolute Gasteiger partial charge is 0.466 e. The zero-order valence-electron chi connectivity index (χ0n) is 18.3. The molecule has 0 aliphatic rings. The van der Waals surface area contributed by atoms with E-state index >= 15 is 0 Å². The number of esters is 2. The van der Waals surface area contributed by atoms with Gasteiger partial charge >= 0.3 is 11.9 Å². The summed E-state index contributed by atoms with van der Waals surface area (Å²) >= 11 is 0. The minimum atomic E-state index is -2.84. The Bertz CT molecular complexity index is 807. The number of hydrogen-bond donors (Lipinski definition) is 1. The molecule has 0 radical (unpaired) electrons. The molecule has 6 nitrogen and oxygen atoms in total. The number of ether oxygens (including phenoxy) is 2. The van der Waals surface area contributed by atoms with Gasteiger partial charge in [-0.25, -0.2) is 9.59 Å². The Hall–Kier alpha value is -2.48. The van der Waals surface area contributed by atoms with E-state index in [1.54, 1.807) is 6.92 Å². The Balaban J connectivity index is 2.41. The first-order chi connectivity index (χ1) is 14.0. The van der Waals surface area contributed by atoms with Crippen LogP contribution in [0.25, 0.3) is 0 Å². The number of carbonyl (C=O) groups excluding carboxylic acids is 2. The van der Waals surface area contributed by atoms with Crippen molar-refractivity contribution >= 4 is 30.6 Å². The highest BCUT2D eigenvalue weighted by molar-refractivity contribution is 6.99. The third-order valence-corrected chi connectivity index (χ3v) is 10.0. The zero-order chi connectivity index (χ0) is 22.4. The van der Waals surface area contributed by atoms with Crippen LogP contribution in [0.2, 0.25) is 5.04 Å². The van der Waals surface area contributed by atoms with Crippen molar-refractivity contribution in [2.75, 3.05) is 20.3 Å². The molecular weight excluding hydrogens is 398 g/mol. The van der Waals surface area contributed by atoms with E-state index in [2.05, 4.69) is 49.8 Å². The lowest BCUT2D eigenvalue weighted by atomic mass is 10.1. The van der Waals surface area contributed by atoms with Gasteiger partial charge in [0.2, 0.25) is 0 Å². The SMILES string of the molecule is COC(=O)COC(=O)[C@@](C)(N)CO[Si](c1ccccc1)(c1ccccc1)C(C)(C)C. The molecule has 2 N–H and O–H groups in total. The average Bonchev–Trinajstić information content (AvgIpc) is 2.72. The molecule has 0 fully saturated rings. The van der Waals surface area contributed by atoms with E-state index in [1.807, 2.05) is 36.4 Å². The summed E-state index contributed by atoms with van der Waals surface area (Å²) in [6, 6.07) is 20.1. The fourth-order valence-corrected chi connectivity index (χ4v) is 8.10. The quantitative estimate of drug-likeness (QED) is 0.510. The molecule has 162 valence electrons. The van der Waals surface area contributed by atoms with E-state index in [4.69, 9.17) is 14.9 Å². The van der Waals surface area contributed by atoms with Crippen LogP contribution in [0.1, 0.15) is 27.7 Å². The third kappa shape index (κ3) is 5.16. The molecule has 0 aliphatic heterocycles. The van der Waals surface area contributed by atoms with Crippen LogP contribution >= 0.6 is 0 Å². The van der Waals surface area contributed by atoms with E-state index < -0.39 is 32.4 Å². The van der Waals surface area contributed by atoms with Crippen LogP contribution in [0.15, 0.2) is 60.7 Å². The Morgan fingerprint density at radius 2 is 1.37 bits per heavy atom. The minimum absolute atomic E-state index is 0.0553. The number of carbonyl (C=O) groups is 2. The monoisotopic (exact) mass is 429 g/mol. The second-order valence-corrected chi connectivity index (χ2v) is 12.8. The standard InChI is InChI=1S/C23H31NO5Si/c1-22(2,3)30(18-12-8-6-9-13-18,19-14-10-7-11-15-19)29-17-23(4,24)21(26)28-16-20(25)27-5/h6-15H,16-17,24H2,1-5H3/t23-/m0/s1. The second kappa shape index (κ2) is 9.55. The van der Waals surface area contributed by atoms with Crippen molar-refractivity contribution in [1.29, 1.82) is 0 Å².